The van der Waals surface area contributed by atoms with Crippen LogP contribution >= 0.6 is 0 Å². The van der Waals surface area contributed by atoms with Crippen LogP contribution in [0.15, 0.2) is 0 Å². The third-order valence-corrected chi connectivity index (χ3v) is 3.05. The van der Waals surface area contributed by atoms with E-state index in [1.165, 1.54) is 0 Å². The maximum absolute atomic E-state index is 11.9. The van der Waals surface area contributed by atoms with Crippen molar-refractivity contribution < 1.29 is 9.59 Å². The van der Waals surface area contributed by atoms with Crippen molar-refractivity contribution in [3.8, 4) is 0 Å². The van der Waals surface area contributed by atoms with Crippen molar-refractivity contribution in [2.45, 2.75) is 32.2 Å². The van der Waals surface area contributed by atoms with Crippen molar-refractivity contribution in [2.75, 3.05) is 20.1 Å². The fourth-order valence-electron chi connectivity index (χ4n) is 2.00. The zero-order valence-corrected chi connectivity index (χ0v) is 10.0. The molecule has 1 fully saturated rings. The Balaban J connectivity index is 2.57. The summed E-state index contributed by atoms with van der Waals surface area (Å²) in [5.74, 6) is 0.161. The van der Waals surface area contributed by atoms with Crippen LogP contribution in [0.5, 0.6) is 0 Å². The fourth-order valence-corrected chi connectivity index (χ4v) is 2.00. The number of hydrogen-bond donors (Lipinski definition) is 2. The lowest BCUT2D eigenvalue weighted by Crippen LogP contribution is -2.45. The van der Waals surface area contributed by atoms with E-state index in [4.69, 9.17) is 5.73 Å². The minimum Gasteiger partial charge on any atom is -0.357 e. The highest BCUT2D eigenvalue weighted by Crippen LogP contribution is 2.19. The monoisotopic (exact) mass is 227 g/mol. The highest BCUT2D eigenvalue weighted by Gasteiger charge is 2.33. The standard InChI is InChI=1S/C11H21N3O2/c1-8(7-12)6-10(15)14-5-3-4-9(14)11(16)13-2/h8-9H,3-7,12H2,1-2H3,(H,13,16). The molecule has 2 amide bonds. The minimum atomic E-state index is -0.275. The summed E-state index contributed by atoms with van der Waals surface area (Å²) in [6, 6.07) is -0.275. The van der Waals surface area contributed by atoms with Gasteiger partial charge in [0.2, 0.25) is 11.8 Å². The number of carbonyl (C=O) groups excluding carboxylic acids is 2. The summed E-state index contributed by atoms with van der Waals surface area (Å²) >= 11 is 0. The van der Waals surface area contributed by atoms with Gasteiger partial charge in [0, 0.05) is 20.0 Å². The van der Waals surface area contributed by atoms with E-state index in [1.54, 1.807) is 11.9 Å². The molecule has 5 heteroatoms. The number of carbonyl (C=O) groups is 2. The molecule has 3 N–H and O–H groups in total. The second kappa shape index (κ2) is 5.84. The molecule has 0 saturated carbocycles. The number of amides is 2. The number of rotatable bonds is 4. The van der Waals surface area contributed by atoms with Crippen molar-refractivity contribution in [2.24, 2.45) is 11.7 Å². The quantitative estimate of drug-likeness (QED) is 0.693. The summed E-state index contributed by atoms with van der Waals surface area (Å²) in [6.07, 6.45) is 2.10. The van der Waals surface area contributed by atoms with Gasteiger partial charge in [-0.1, -0.05) is 6.92 Å². The van der Waals surface area contributed by atoms with Gasteiger partial charge < -0.3 is 16.0 Å². The van der Waals surface area contributed by atoms with Crippen LogP contribution in [0.4, 0.5) is 0 Å². The number of nitrogens with one attached hydrogen (secondary N) is 1. The maximum atomic E-state index is 11.9. The first kappa shape index (κ1) is 13.0. The second-order valence-electron chi connectivity index (χ2n) is 4.40. The van der Waals surface area contributed by atoms with Crippen LogP contribution in [0, 0.1) is 5.92 Å². The lowest BCUT2D eigenvalue weighted by atomic mass is 10.1. The van der Waals surface area contributed by atoms with Crippen molar-refractivity contribution in [1.29, 1.82) is 0 Å². The largest absolute Gasteiger partial charge is 0.357 e. The van der Waals surface area contributed by atoms with E-state index in [9.17, 15) is 9.59 Å². The lowest BCUT2D eigenvalue weighted by Gasteiger charge is -2.24. The fraction of sp³-hybridized carbons (Fsp3) is 0.818. The van der Waals surface area contributed by atoms with Crippen molar-refractivity contribution in [3.05, 3.63) is 0 Å². The Bertz CT molecular complexity index is 268. The van der Waals surface area contributed by atoms with E-state index in [0.717, 1.165) is 12.8 Å². The number of hydrogen-bond acceptors (Lipinski definition) is 3. The molecule has 0 spiro atoms. The molecular weight excluding hydrogens is 206 g/mol. The van der Waals surface area contributed by atoms with Crippen LogP contribution in [0.2, 0.25) is 0 Å². The maximum Gasteiger partial charge on any atom is 0.242 e. The molecule has 16 heavy (non-hydrogen) atoms. The van der Waals surface area contributed by atoms with Crippen LogP contribution in [0.1, 0.15) is 26.2 Å². The lowest BCUT2D eigenvalue weighted by molar-refractivity contribution is -0.138. The Morgan fingerprint density at radius 3 is 2.81 bits per heavy atom. The summed E-state index contributed by atoms with van der Waals surface area (Å²) in [4.78, 5) is 25.2. The van der Waals surface area contributed by atoms with Crippen LogP contribution in [0.25, 0.3) is 0 Å². The van der Waals surface area contributed by atoms with E-state index >= 15 is 0 Å². The summed E-state index contributed by atoms with van der Waals surface area (Å²) in [5.41, 5.74) is 5.49. The van der Waals surface area contributed by atoms with Gasteiger partial charge >= 0.3 is 0 Å². The minimum absolute atomic E-state index is 0.0454. The molecule has 5 nitrogen and oxygen atoms in total. The molecule has 0 aliphatic carbocycles. The van der Waals surface area contributed by atoms with Crippen molar-refractivity contribution in [3.63, 3.8) is 0 Å². The van der Waals surface area contributed by atoms with Gasteiger partial charge in [-0.3, -0.25) is 9.59 Å². The molecule has 1 heterocycles. The van der Waals surface area contributed by atoms with E-state index in [0.29, 0.717) is 19.5 Å². The third kappa shape index (κ3) is 2.95. The average molecular weight is 227 g/mol. The van der Waals surface area contributed by atoms with Gasteiger partial charge in [0.05, 0.1) is 0 Å². The van der Waals surface area contributed by atoms with Gasteiger partial charge in [-0.15, -0.1) is 0 Å². The highest BCUT2D eigenvalue weighted by molar-refractivity contribution is 5.88. The molecule has 1 rings (SSSR count). The van der Waals surface area contributed by atoms with Crippen molar-refractivity contribution in [1.82, 2.24) is 10.2 Å². The van der Waals surface area contributed by atoms with Gasteiger partial charge in [0.1, 0.15) is 6.04 Å². The molecule has 2 atom stereocenters. The van der Waals surface area contributed by atoms with E-state index in [-0.39, 0.29) is 23.8 Å². The number of likely N-dealkylation sites (tertiary alicyclic amines) is 1. The van der Waals surface area contributed by atoms with Gasteiger partial charge in [-0.05, 0) is 25.3 Å². The molecule has 0 aromatic rings. The molecule has 0 aromatic heterocycles. The van der Waals surface area contributed by atoms with Gasteiger partial charge in [0.25, 0.3) is 0 Å². The van der Waals surface area contributed by atoms with Gasteiger partial charge in [0.15, 0.2) is 0 Å². The molecule has 0 aromatic carbocycles. The number of nitrogens with zero attached hydrogens (tertiary/aromatic N) is 1. The summed E-state index contributed by atoms with van der Waals surface area (Å²) in [5, 5.41) is 2.60. The Kier molecular flexibility index (Phi) is 4.73. The molecular formula is C11H21N3O2. The summed E-state index contributed by atoms with van der Waals surface area (Å²) in [7, 11) is 1.60. The first-order chi connectivity index (χ1) is 7.60. The predicted molar refractivity (Wildman–Crippen MR) is 61.6 cm³/mol. The zero-order valence-electron chi connectivity index (χ0n) is 10.0. The summed E-state index contributed by atoms with van der Waals surface area (Å²) in [6.45, 7) is 3.14. The molecule has 2 unspecified atom stereocenters. The van der Waals surface area contributed by atoms with E-state index in [1.807, 2.05) is 6.92 Å². The zero-order chi connectivity index (χ0) is 12.1. The van der Waals surface area contributed by atoms with Crippen LogP contribution in [-0.2, 0) is 9.59 Å². The first-order valence-electron chi connectivity index (χ1n) is 5.81. The van der Waals surface area contributed by atoms with E-state index in [2.05, 4.69) is 5.32 Å². The molecule has 1 aliphatic rings. The Morgan fingerprint density at radius 2 is 2.25 bits per heavy atom. The normalized spacial score (nSPS) is 21.9. The molecule has 0 bridgehead atoms. The molecule has 1 saturated heterocycles. The molecule has 92 valence electrons. The van der Waals surface area contributed by atoms with Crippen molar-refractivity contribution >= 4 is 11.8 Å². The van der Waals surface area contributed by atoms with Gasteiger partial charge in [-0.25, -0.2) is 0 Å². The van der Waals surface area contributed by atoms with Crippen LogP contribution in [0.3, 0.4) is 0 Å². The highest BCUT2D eigenvalue weighted by atomic mass is 16.2. The van der Waals surface area contributed by atoms with Crippen LogP contribution < -0.4 is 11.1 Å². The van der Waals surface area contributed by atoms with Gasteiger partial charge in [-0.2, -0.15) is 0 Å². The smallest absolute Gasteiger partial charge is 0.242 e. The molecule has 0 radical (unpaired) electrons. The Morgan fingerprint density at radius 1 is 1.56 bits per heavy atom. The molecule has 1 aliphatic heterocycles. The number of nitrogens with two attached hydrogens (primary N) is 1. The van der Waals surface area contributed by atoms with Crippen LogP contribution in [-0.4, -0.2) is 42.9 Å². The Labute approximate surface area is 96.4 Å². The summed E-state index contributed by atoms with van der Waals surface area (Å²) < 4.78 is 0. The van der Waals surface area contributed by atoms with E-state index < -0.39 is 0 Å². The SMILES string of the molecule is CNC(=O)C1CCCN1C(=O)CC(C)CN. The first-order valence-corrected chi connectivity index (χ1v) is 5.81. The Hall–Kier alpha value is -1.10. The number of likely N-dealkylation sites (N-methyl/N-ethyl adjacent to an activating group) is 1. The second-order valence-corrected chi connectivity index (χ2v) is 4.40. The topological polar surface area (TPSA) is 75.4 Å². The third-order valence-electron chi connectivity index (χ3n) is 3.05. The predicted octanol–water partition coefficient (Wildman–Crippen LogP) is -0.292. The average Bonchev–Trinajstić information content (AvgIpc) is 2.76.